The lowest BCUT2D eigenvalue weighted by atomic mass is 9.65. The Morgan fingerprint density at radius 2 is 2.05 bits per heavy atom. The van der Waals surface area contributed by atoms with Gasteiger partial charge in [0.1, 0.15) is 5.54 Å². The molecule has 0 unspecified atom stereocenters. The Bertz CT molecular complexity index is 315. The monoisotopic (exact) mass is 267 g/mol. The number of ether oxygens (including phenoxy) is 1. The highest BCUT2D eigenvalue weighted by Crippen LogP contribution is 2.43. The van der Waals surface area contributed by atoms with E-state index in [2.05, 4.69) is 32.7 Å². The molecular formula is C16H29NO2. The minimum Gasteiger partial charge on any atom is -0.468 e. The molecule has 3 nitrogen and oxygen atoms in total. The fraction of sp³-hybridized carbons (Fsp3) is 0.812. The second-order valence-electron chi connectivity index (χ2n) is 6.36. The minimum atomic E-state index is -0.497. The SMILES string of the molecule is C=CCNC1(C(=O)OC)CCC(C(C)(C)CC)CC1. The van der Waals surface area contributed by atoms with E-state index in [4.69, 9.17) is 4.74 Å². The van der Waals surface area contributed by atoms with Crippen LogP contribution in [0.4, 0.5) is 0 Å². The molecule has 1 rings (SSSR count). The molecule has 0 aromatic carbocycles. The quantitative estimate of drug-likeness (QED) is 0.593. The molecule has 1 aliphatic rings. The smallest absolute Gasteiger partial charge is 0.326 e. The third-order valence-corrected chi connectivity index (χ3v) is 5.02. The van der Waals surface area contributed by atoms with E-state index in [1.54, 1.807) is 6.08 Å². The van der Waals surface area contributed by atoms with Crippen LogP contribution in [0.5, 0.6) is 0 Å². The van der Waals surface area contributed by atoms with Crippen molar-refractivity contribution in [2.75, 3.05) is 13.7 Å². The van der Waals surface area contributed by atoms with Crippen molar-refractivity contribution in [2.24, 2.45) is 11.3 Å². The van der Waals surface area contributed by atoms with E-state index < -0.39 is 5.54 Å². The number of methoxy groups -OCH3 is 1. The van der Waals surface area contributed by atoms with Gasteiger partial charge in [-0.3, -0.25) is 10.1 Å². The van der Waals surface area contributed by atoms with Crippen molar-refractivity contribution in [1.29, 1.82) is 0 Å². The summed E-state index contributed by atoms with van der Waals surface area (Å²) in [5, 5.41) is 3.33. The zero-order chi connectivity index (χ0) is 14.5. The van der Waals surface area contributed by atoms with E-state index in [9.17, 15) is 4.79 Å². The Kier molecular flexibility index (Phi) is 5.60. The summed E-state index contributed by atoms with van der Waals surface area (Å²) in [4.78, 5) is 12.1. The van der Waals surface area contributed by atoms with Gasteiger partial charge in [0.15, 0.2) is 0 Å². The number of hydrogen-bond acceptors (Lipinski definition) is 3. The highest BCUT2D eigenvalue weighted by molar-refractivity contribution is 5.80. The molecular weight excluding hydrogens is 238 g/mol. The molecule has 3 heteroatoms. The lowest BCUT2D eigenvalue weighted by Gasteiger charge is -2.43. The van der Waals surface area contributed by atoms with Crippen LogP contribution in [0.25, 0.3) is 0 Å². The van der Waals surface area contributed by atoms with E-state index >= 15 is 0 Å². The maximum atomic E-state index is 12.1. The van der Waals surface area contributed by atoms with Crippen molar-refractivity contribution in [3.05, 3.63) is 12.7 Å². The van der Waals surface area contributed by atoms with Crippen LogP contribution in [-0.4, -0.2) is 25.2 Å². The first-order chi connectivity index (χ1) is 8.91. The summed E-state index contributed by atoms with van der Waals surface area (Å²) < 4.78 is 5.00. The van der Waals surface area contributed by atoms with Crippen LogP contribution in [0.3, 0.4) is 0 Å². The molecule has 1 fully saturated rings. The third-order valence-electron chi connectivity index (χ3n) is 5.02. The first-order valence-electron chi connectivity index (χ1n) is 7.36. The van der Waals surface area contributed by atoms with E-state index in [1.165, 1.54) is 13.5 Å². The molecule has 19 heavy (non-hydrogen) atoms. The standard InChI is InChI=1S/C16H29NO2/c1-6-12-17-16(14(18)19-5)10-8-13(9-11-16)15(3,4)7-2/h6,13,17H,1,7-12H2,2-5H3. The molecule has 0 spiro atoms. The second-order valence-corrected chi connectivity index (χ2v) is 6.36. The molecule has 0 bridgehead atoms. The zero-order valence-electron chi connectivity index (χ0n) is 12.9. The van der Waals surface area contributed by atoms with Gasteiger partial charge in [-0.1, -0.05) is 33.3 Å². The lowest BCUT2D eigenvalue weighted by molar-refractivity contribution is -0.151. The Balaban J connectivity index is 2.74. The van der Waals surface area contributed by atoms with Crippen molar-refractivity contribution < 1.29 is 9.53 Å². The van der Waals surface area contributed by atoms with Gasteiger partial charge in [-0.05, 0) is 37.0 Å². The molecule has 1 saturated carbocycles. The number of esters is 1. The minimum absolute atomic E-state index is 0.123. The van der Waals surface area contributed by atoms with Gasteiger partial charge in [0.25, 0.3) is 0 Å². The van der Waals surface area contributed by atoms with E-state index in [-0.39, 0.29) is 5.97 Å². The van der Waals surface area contributed by atoms with Crippen LogP contribution in [0, 0.1) is 11.3 Å². The van der Waals surface area contributed by atoms with Gasteiger partial charge in [0.05, 0.1) is 7.11 Å². The number of nitrogens with one attached hydrogen (secondary N) is 1. The van der Waals surface area contributed by atoms with Gasteiger partial charge in [-0.25, -0.2) is 0 Å². The van der Waals surface area contributed by atoms with E-state index in [1.807, 2.05) is 0 Å². The van der Waals surface area contributed by atoms with Gasteiger partial charge in [0, 0.05) is 6.54 Å². The molecule has 0 heterocycles. The molecule has 1 aliphatic carbocycles. The Morgan fingerprint density at radius 3 is 2.47 bits per heavy atom. The highest BCUT2D eigenvalue weighted by Gasteiger charge is 2.44. The molecule has 0 aliphatic heterocycles. The third kappa shape index (κ3) is 3.59. The molecule has 0 aromatic rings. The van der Waals surface area contributed by atoms with Crippen molar-refractivity contribution in [1.82, 2.24) is 5.32 Å². The fourth-order valence-electron chi connectivity index (χ4n) is 3.10. The molecule has 0 saturated heterocycles. The second kappa shape index (κ2) is 6.56. The summed E-state index contributed by atoms with van der Waals surface area (Å²) in [6.45, 7) is 11.3. The van der Waals surface area contributed by atoms with E-state index in [0.29, 0.717) is 17.9 Å². The normalized spacial score (nSPS) is 27.9. The summed E-state index contributed by atoms with van der Waals surface area (Å²) in [5.41, 5.74) is -0.135. The van der Waals surface area contributed by atoms with Crippen molar-refractivity contribution >= 4 is 5.97 Å². The average Bonchev–Trinajstić information content (AvgIpc) is 2.44. The van der Waals surface area contributed by atoms with Gasteiger partial charge >= 0.3 is 5.97 Å². The number of carbonyl (C=O) groups is 1. The van der Waals surface area contributed by atoms with Crippen molar-refractivity contribution in [3.8, 4) is 0 Å². The van der Waals surface area contributed by atoms with Crippen LogP contribution < -0.4 is 5.32 Å². The highest BCUT2D eigenvalue weighted by atomic mass is 16.5. The first-order valence-corrected chi connectivity index (χ1v) is 7.36. The van der Waals surface area contributed by atoms with Crippen LogP contribution >= 0.6 is 0 Å². The number of hydrogen-bond donors (Lipinski definition) is 1. The van der Waals surface area contributed by atoms with Gasteiger partial charge in [0.2, 0.25) is 0 Å². The maximum absolute atomic E-state index is 12.1. The average molecular weight is 267 g/mol. The molecule has 110 valence electrons. The Morgan fingerprint density at radius 1 is 1.47 bits per heavy atom. The Labute approximate surface area is 117 Å². The molecule has 0 atom stereocenters. The van der Waals surface area contributed by atoms with Crippen LogP contribution in [0.2, 0.25) is 0 Å². The molecule has 0 aromatic heterocycles. The number of rotatable bonds is 6. The van der Waals surface area contributed by atoms with Gasteiger partial charge in [-0.2, -0.15) is 0 Å². The number of carbonyl (C=O) groups excluding carboxylic acids is 1. The lowest BCUT2D eigenvalue weighted by Crippen LogP contribution is -2.55. The first kappa shape index (κ1) is 16.2. The molecule has 1 N–H and O–H groups in total. The summed E-state index contributed by atoms with van der Waals surface area (Å²) >= 11 is 0. The summed E-state index contributed by atoms with van der Waals surface area (Å²) in [7, 11) is 1.47. The summed E-state index contributed by atoms with van der Waals surface area (Å²) in [6.07, 6.45) is 6.87. The molecule has 0 radical (unpaired) electrons. The van der Waals surface area contributed by atoms with Crippen LogP contribution in [-0.2, 0) is 9.53 Å². The summed E-state index contributed by atoms with van der Waals surface area (Å²) in [6, 6.07) is 0. The largest absolute Gasteiger partial charge is 0.468 e. The molecule has 0 amide bonds. The topological polar surface area (TPSA) is 38.3 Å². The van der Waals surface area contributed by atoms with Crippen LogP contribution in [0.1, 0.15) is 52.9 Å². The van der Waals surface area contributed by atoms with Crippen molar-refractivity contribution in [2.45, 2.75) is 58.4 Å². The fourth-order valence-corrected chi connectivity index (χ4v) is 3.10. The van der Waals surface area contributed by atoms with Gasteiger partial charge in [-0.15, -0.1) is 6.58 Å². The zero-order valence-corrected chi connectivity index (χ0v) is 12.9. The summed E-state index contributed by atoms with van der Waals surface area (Å²) in [5.74, 6) is 0.572. The van der Waals surface area contributed by atoms with E-state index in [0.717, 1.165) is 25.7 Å². The predicted molar refractivity (Wildman–Crippen MR) is 79.0 cm³/mol. The van der Waals surface area contributed by atoms with Gasteiger partial charge < -0.3 is 4.74 Å². The van der Waals surface area contributed by atoms with Crippen LogP contribution in [0.15, 0.2) is 12.7 Å². The maximum Gasteiger partial charge on any atom is 0.326 e. The Hall–Kier alpha value is -0.830. The van der Waals surface area contributed by atoms with Crippen molar-refractivity contribution in [3.63, 3.8) is 0 Å². The predicted octanol–water partition coefficient (Wildman–Crippen LogP) is 3.30.